The Kier molecular flexibility index (Phi) is 6.37. The Hall–Kier alpha value is -3.50. The summed E-state index contributed by atoms with van der Waals surface area (Å²) >= 11 is 3.40. The van der Waals surface area contributed by atoms with Crippen molar-refractivity contribution in [3.8, 4) is 11.8 Å². The van der Waals surface area contributed by atoms with Gasteiger partial charge in [-0.2, -0.15) is 5.26 Å². The number of benzene rings is 3. The molecular formula is C22H14BrFN2O3. The number of allylic oxidation sites excluding steroid dienone is 1. The highest BCUT2D eigenvalue weighted by atomic mass is 79.9. The van der Waals surface area contributed by atoms with E-state index < -0.39 is 10.7 Å². The monoisotopic (exact) mass is 452 g/mol. The van der Waals surface area contributed by atoms with Crippen molar-refractivity contribution >= 4 is 33.3 Å². The number of nitriles is 1. The molecule has 3 aromatic carbocycles. The van der Waals surface area contributed by atoms with Crippen LogP contribution >= 0.6 is 15.9 Å². The van der Waals surface area contributed by atoms with Crippen LogP contribution in [0, 0.1) is 27.3 Å². The minimum Gasteiger partial charge on any atom is -0.488 e. The molecule has 0 aliphatic heterocycles. The summed E-state index contributed by atoms with van der Waals surface area (Å²) in [7, 11) is 0. The zero-order valence-corrected chi connectivity index (χ0v) is 16.6. The number of nitrogens with zero attached hydrogens (tertiary/aromatic N) is 2. The molecule has 0 N–H and O–H groups in total. The maximum absolute atomic E-state index is 13.5. The standard InChI is InChI=1S/C22H14BrFN2O3/c23-19-6-9-22(29-14-15-4-7-21(8-5-15)26(27)28)17(11-19)10-18(13-25)16-2-1-3-20(24)12-16/h1-12H,14H2/b18-10-. The molecule has 5 nitrogen and oxygen atoms in total. The minimum atomic E-state index is -0.460. The molecule has 0 bridgehead atoms. The van der Waals surface area contributed by atoms with Crippen molar-refractivity contribution in [1.82, 2.24) is 0 Å². The van der Waals surface area contributed by atoms with Crippen molar-refractivity contribution in [2.24, 2.45) is 0 Å². The van der Waals surface area contributed by atoms with Crippen LogP contribution in [-0.2, 0) is 6.61 Å². The van der Waals surface area contributed by atoms with E-state index in [-0.39, 0.29) is 12.3 Å². The van der Waals surface area contributed by atoms with E-state index in [9.17, 15) is 19.8 Å². The molecule has 3 aromatic rings. The fourth-order valence-corrected chi connectivity index (χ4v) is 3.01. The number of nitro groups is 1. The van der Waals surface area contributed by atoms with Gasteiger partial charge < -0.3 is 4.74 Å². The summed E-state index contributed by atoms with van der Waals surface area (Å²) in [5.74, 6) is 0.100. The third kappa shape index (κ3) is 5.27. The maximum atomic E-state index is 13.5. The molecule has 0 unspecified atom stereocenters. The van der Waals surface area contributed by atoms with Gasteiger partial charge in [0.05, 0.1) is 16.6 Å². The molecule has 0 heterocycles. The van der Waals surface area contributed by atoms with Gasteiger partial charge in [0.1, 0.15) is 18.2 Å². The van der Waals surface area contributed by atoms with E-state index in [1.165, 1.54) is 24.3 Å². The van der Waals surface area contributed by atoms with Crippen molar-refractivity contribution in [3.63, 3.8) is 0 Å². The second kappa shape index (κ2) is 9.13. The molecule has 29 heavy (non-hydrogen) atoms. The molecule has 0 aliphatic rings. The van der Waals surface area contributed by atoms with Gasteiger partial charge >= 0.3 is 0 Å². The molecule has 0 radical (unpaired) electrons. The minimum absolute atomic E-state index is 0.00905. The van der Waals surface area contributed by atoms with Crippen LogP contribution in [0.1, 0.15) is 16.7 Å². The lowest BCUT2D eigenvalue weighted by Crippen LogP contribution is -1.98. The van der Waals surface area contributed by atoms with Gasteiger partial charge in [0, 0.05) is 22.2 Å². The molecule has 0 amide bonds. The molecule has 0 saturated carbocycles. The summed E-state index contributed by atoms with van der Waals surface area (Å²) in [5.41, 5.74) is 2.17. The van der Waals surface area contributed by atoms with Gasteiger partial charge in [0.2, 0.25) is 0 Å². The van der Waals surface area contributed by atoms with Gasteiger partial charge in [0.25, 0.3) is 5.69 Å². The Bertz CT molecular complexity index is 1120. The second-order valence-corrected chi connectivity index (χ2v) is 6.99. The predicted octanol–water partition coefficient (Wildman–Crippen LogP) is 6.14. The first-order valence-corrected chi connectivity index (χ1v) is 9.29. The molecule has 0 aromatic heterocycles. The van der Waals surface area contributed by atoms with E-state index in [2.05, 4.69) is 22.0 Å². The lowest BCUT2D eigenvalue weighted by molar-refractivity contribution is -0.384. The van der Waals surface area contributed by atoms with Crippen LogP contribution in [0.15, 0.2) is 71.2 Å². The first-order valence-electron chi connectivity index (χ1n) is 8.49. The smallest absolute Gasteiger partial charge is 0.269 e. The van der Waals surface area contributed by atoms with Gasteiger partial charge in [-0.1, -0.05) is 28.1 Å². The quantitative estimate of drug-likeness (QED) is 0.195. The number of ether oxygens (including phenoxy) is 1. The zero-order chi connectivity index (χ0) is 20.8. The van der Waals surface area contributed by atoms with Crippen molar-refractivity contribution in [2.45, 2.75) is 6.61 Å². The van der Waals surface area contributed by atoms with Gasteiger partial charge in [-0.3, -0.25) is 10.1 Å². The number of hydrogen-bond acceptors (Lipinski definition) is 4. The highest BCUT2D eigenvalue weighted by molar-refractivity contribution is 9.10. The largest absolute Gasteiger partial charge is 0.488 e. The van der Waals surface area contributed by atoms with Crippen LogP contribution in [0.25, 0.3) is 11.6 Å². The summed E-state index contributed by atoms with van der Waals surface area (Å²) in [6.07, 6.45) is 1.63. The van der Waals surface area contributed by atoms with E-state index in [0.29, 0.717) is 22.4 Å². The molecule has 0 aliphatic carbocycles. The fourth-order valence-electron chi connectivity index (χ4n) is 2.63. The van der Waals surface area contributed by atoms with Crippen molar-refractivity contribution in [3.05, 3.63) is 104 Å². The number of hydrogen-bond donors (Lipinski definition) is 0. The molecule has 0 atom stereocenters. The van der Waals surface area contributed by atoms with Crippen LogP contribution < -0.4 is 4.74 Å². The predicted molar refractivity (Wildman–Crippen MR) is 111 cm³/mol. The van der Waals surface area contributed by atoms with Crippen molar-refractivity contribution in [2.75, 3.05) is 0 Å². The molecule has 0 saturated heterocycles. The highest BCUT2D eigenvalue weighted by Crippen LogP contribution is 2.29. The summed E-state index contributed by atoms with van der Waals surface area (Å²) in [6.45, 7) is 0.197. The first kappa shape index (κ1) is 20.2. The molecule has 7 heteroatoms. The lowest BCUT2D eigenvalue weighted by Gasteiger charge is -2.11. The summed E-state index contributed by atoms with van der Waals surface area (Å²) in [5, 5.41) is 20.3. The Morgan fingerprint density at radius 2 is 1.93 bits per heavy atom. The Balaban J connectivity index is 1.87. The number of rotatable bonds is 6. The maximum Gasteiger partial charge on any atom is 0.269 e. The summed E-state index contributed by atoms with van der Waals surface area (Å²) in [6, 6.07) is 19.3. The molecule has 0 fully saturated rings. The second-order valence-electron chi connectivity index (χ2n) is 6.07. The van der Waals surface area contributed by atoms with Gasteiger partial charge in [-0.15, -0.1) is 0 Å². The Labute approximate surface area is 175 Å². The number of nitro benzene ring substituents is 1. The topological polar surface area (TPSA) is 76.2 Å². The molecular weight excluding hydrogens is 439 g/mol. The van der Waals surface area contributed by atoms with E-state index in [1.54, 1.807) is 48.5 Å². The molecule has 144 valence electrons. The molecule has 3 rings (SSSR count). The van der Waals surface area contributed by atoms with Crippen LogP contribution in [0.5, 0.6) is 5.75 Å². The third-order valence-corrected chi connectivity index (χ3v) is 4.56. The normalized spacial score (nSPS) is 11.0. The first-order chi connectivity index (χ1) is 14.0. The molecule has 0 spiro atoms. The fraction of sp³-hybridized carbons (Fsp3) is 0.0455. The summed E-state index contributed by atoms with van der Waals surface area (Å²) < 4.78 is 20.2. The van der Waals surface area contributed by atoms with Gasteiger partial charge in [-0.05, 0) is 59.7 Å². The number of halogens is 2. The van der Waals surface area contributed by atoms with Gasteiger partial charge in [0.15, 0.2) is 0 Å². The van der Waals surface area contributed by atoms with E-state index >= 15 is 0 Å². The Morgan fingerprint density at radius 3 is 2.59 bits per heavy atom. The van der Waals surface area contributed by atoms with Crippen molar-refractivity contribution < 1.29 is 14.1 Å². The van der Waals surface area contributed by atoms with E-state index in [1.807, 2.05) is 0 Å². The highest BCUT2D eigenvalue weighted by Gasteiger charge is 2.09. The average Bonchev–Trinajstić information content (AvgIpc) is 2.71. The SMILES string of the molecule is N#C/C(=C/c1cc(Br)ccc1OCc1ccc([N+](=O)[O-])cc1)c1cccc(F)c1. The van der Waals surface area contributed by atoms with Gasteiger partial charge in [-0.25, -0.2) is 4.39 Å². The lowest BCUT2D eigenvalue weighted by atomic mass is 10.0. The third-order valence-electron chi connectivity index (χ3n) is 4.07. The van der Waals surface area contributed by atoms with Crippen LogP contribution in [0.4, 0.5) is 10.1 Å². The average molecular weight is 453 g/mol. The van der Waals surface area contributed by atoms with Crippen LogP contribution in [0.2, 0.25) is 0 Å². The Morgan fingerprint density at radius 1 is 1.17 bits per heavy atom. The number of non-ortho nitro benzene ring substituents is 1. The van der Waals surface area contributed by atoms with Crippen LogP contribution in [-0.4, -0.2) is 4.92 Å². The van der Waals surface area contributed by atoms with Crippen molar-refractivity contribution in [1.29, 1.82) is 5.26 Å². The zero-order valence-electron chi connectivity index (χ0n) is 15.0. The van der Waals surface area contributed by atoms with E-state index in [4.69, 9.17) is 4.74 Å². The van der Waals surface area contributed by atoms with E-state index in [0.717, 1.165) is 10.0 Å². The summed E-state index contributed by atoms with van der Waals surface area (Å²) in [4.78, 5) is 10.3. The van der Waals surface area contributed by atoms with Crippen LogP contribution in [0.3, 0.4) is 0 Å².